The van der Waals surface area contributed by atoms with E-state index >= 15 is 0 Å². The molecule has 1 amide bonds. The molecule has 2 aromatic carbocycles. The molecule has 0 saturated heterocycles. The summed E-state index contributed by atoms with van der Waals surface area (Å²) in [7, 11) is -0.892. The Kier molecular flexibility index (Phi) is 7.00. The molecule has 0 saturated carbocycles. The molecule has 0 radical (unpaired) electrons. The number of hydrazone groups is 1. The Labute approximate surface area is 164 Å². The molecule has 8 nitrogen and oxygen atoms in total. The topological polar surface area (TPSA) is 97.3 Å². The number of hydrogen-bond acceptors (Lipinski definition) is 6. The zero-order valence-corrected chi connectivity index (χ0v) is 17.0. The molecule has 150 valence electrons. The largest absolute Gasteiger partial charge is 0.497 e. The number of amides is 1. The highest BCUT2D eigenvalue weighted by Gasteiger charge is 2.24. The van der Waals surface area contributed by atoms with Crippen molar-refractivity contribution in [2.24, 2.45) is 5.10 Å². The number of rotatable bonds is 8. The third-order valence-corrected chi connectivity index (χ3v) is 4.95. The van der Waals surface area contributed by atoms with Crippen LogP contribution >= 0.6 is 0 Å². The number of aryl methyl sites for hydroxylation is 1. The van der Waals surface area contributed by atoms with Gasteiger partial charge in [-0.2, -0.15) is 5.10 Å². The van der Waals surface area contributed by atoms with Gasteiger partial charge in [-0.1, -0.05) is 29.8 Å². The van der Waals surface area contributed by atoms with Crippen molar-refractivity contribution >= 4 is 27.8 Å². The number of nitrogens with zero attached hydrogens (tertiary/aromatic N) is 2. The van der Waals surface area contributed by atoms with E-state index in [1.165, 1.54) is 26.5 Å². The van der Waals surface area contributed by atoms with Gasteiger partial charge in [-0.05, 0) is 24.6 Å². The lowest BCUT2D eigenvalue weighted by Gasteiger charge is -2.23. The molecule has 9 heteroatoms. The van der Waals surface area contributed by atoms with Gasteiger partial charge in [-0.3, -0.25) is 9.10 Å². The molecular weight excluding hydrogens is 382 g/mol. The number of carbonyl (C=O) groups excluding carboxylic acids is 1. The van der Waals surface area contributed by atoms with E-state index in [9.17, 15) is 13.2 Å². The molecule has 1 N–H and O–H groups in total. The Bertz CT molecular complexity index is 956. The molecule has 0 aliphatic carbocycles. The Hall–Kier alpha value is -3.07. The summed E-state index contributed by atoms with van der Waals surface area (Å²) in [5.41, 5.74) is 4.45. The Morgan fingerprint density at radius 2 is 1.82 bits per heavy atom. The van der Waals surface area contributed by atoms with E-state index < -0.39 is 22.5 Å². The van der Waals surface area contributed by atoms with E-state index in [1.54, 1.807) is 12.1 Å². The molecular formula is C19H23N3O5S. The zero-order chi connectivity index (χ0) is 20.7. The van der Waals surface area contributed by atoms with Gasteiger partial charge in [0.2, 0.25) is 10.0 Å². The average Bonchev–Trinajstić information content (AvgIpc) is 2.66. The van der Waals surface area contributed by atoms with Crippen molar-refractivity contribution in [2.75, 3.05) is 31.3 Å². The van der Waals surface area contributed by atoms with Gasteiger partial charge >= 0.3 is 0 Å². The Morgan fingerprint density at radius 3 is 2.39 bits per heavy atom. The molecule has 0 aliphatic heterocycles. The van der Waals surface area contributed by atoms with Crippen LogP contribution < -0.4 is 19.2 Å². The lowest BCUT2D eigenvalue weighted by Crippen LogP contribution is -2.39. The number of benzene rings is 2. The molecule has 0 bridgehead atoms. The average molecular weight is 405 g/mol. The minimum absolute atomic E-state index is 0.196. The van der Waals surface area contributed by atoms with Crippen molar-refractivity contribution in [3.63, 3.8) is 0 Å². The second-order valence-electron chi connectivity index (χ2n) is 6.01. The standard InChI is InChI=1S/C19H23N3O5S/c1-14-5-7-15(8-6-14)12-20-21-19(23)13-22(28(4,24)25)17-11-16(26-2)9-10-18(17)27-3/h5-12H,13H2,1-4H3,(H,21,23)/b20-12-. The van der Waals surface area contributed by atoms with Gasteiger partial charge in [-0.15, -0.1) is 0 Å². The van der Waals surface area contributed by atoms with Gasteiger partial charge < -0.3 is 9.47 Å². The first-order chi connectivity index (χ1) is 13.2. The normalized spacial score (nSPS) is 11.3. The summed E-state index contributed by atoms with van der Waals surface area (Å²) in [6.45, 7) is 1.50. The monoisotopic (exact) mass is 405 g/mol. The highest BCUT2D eigenvalue weighted by molar-refractivity contribution is 7.92. The smallest absolute Gasteiger partial charge is 0.260 e. The van der Waals surface area contributed by atoms with Crippen LogP contribution in [0.25, 0.3) is 0 Å². The molecule has 0 fully saturated rings. The SMILES string of the molecule is COc1ccc(OC)c(N(CC(=O)N/N=C\c2ccc(C)cc2)S(C)(=O)=O)c1. The molecule has 28 heavy (non-hydrogen) atoms. The lowest BCUT2D eigenvalue weighted by atomic mass is 10.2. The van der Waals surface area contributed by atoms with Gasteiger partial charge in [0, 0.05) is 6.07 Å². The minimum atomic E-state index is -3.77. The summed E-state index contributed by atoms with van der Waals surface area (Å²) < 4.78 is 35.9. The number of ether oxygens (including phenoxy) is 2. The molecule has 0 heterocycles. The van der Waals surface area contributed by atoms with Crippen LogP contribution in [-0.4, -0.2) is 47.6 Å². The first-order valence-corrected chi connectivity index (χ1v) is 10.2. The fourth-order valence-electron chi connectivity index (χ4n) is 2.37. The Morgan fingerprint density at radius 1 is 1.14 bits per heavy atom. The van der Waals surface area contributed by atoms with Crippen LogP contribution in [0.3, 0.4) is 0 Å². The first-order valence-electron chi connectivity index (χ1n) is 8.33. The second-order valence-corrected chi connectivity index (χ2v) is 7.92. The van der Waals surface area contributed by atoms with Crippen LogP contribution in [0.15, 0.2) is 47.6 Å². The van der Waals surface area contributed by atoms with Gasteiger partial charge in [0.1, 0.15) is 18.0 Å². The van der Waals surface area contributed by atoms with Gasteiger partial charge in [-0.25, -0.2) is 13.8 Å². The number of nitrogens with one attached hydrogen (secondary N) is 1. The van der Waals surface area contributed by atoms with Crippen LogP contribution in [0.4, 0.5) is 5.69 Å². The van der Waals surface area contributed by atoms with E-state index in [0.717, 1.165) is 21.7 Å². The molecule has 0 atom stereocenters. The third-order valence-electron chi connectivity index (χ3n) is 3.82. The summed E-state index contributed by atoms with van der Waals surface area (Å²) in [6, 6.07) is 12.2. The summed E-state index contributed by atoms with van der Waals surface area (Å²) >= 11 is 0. The fraction of sp³-hybridized carbons (Fsp3) is 0.263. The summed E-state index contributed by atoms with van der Waals surface area (Å²) in [4.78, 5) is 12.3. The van der Waals surface area contributed by atoms with Gasteiger partial charge in [0.05, 0.1) is 32.4 Å². The number of methoxy groups -OCH3 is 2. The van der Waals surface area contributed by atoms with Gasteiger partial charge in [0.25, 0.3) is 5.91 Å². The van der Waals surface area contributed by atoms with Crippen molar-refractivity contribution in [3.05, 3.63) is 53.6 Å². The predicted molar refractivity (Wildman–Crippen MR) is 109 cm³/mol. The van der Waals surface area contributed by atoms with Gasteiger partial charge in [0.15, 0.2) is 0 Å². The summed E-state index contributed by atoms with van der Waals surface area (Å²) in [5.74, 6) is 0.128. The maximum absolute atomic E-state index is 12.3. The van der Waals surface area contributed by atoms with E-state index in [1.807, 2.05) is 31.2 Å². The van der Waals surface area contributed by atoms with Crippen molar-refractivity contribution in [2.45, 2.75) is 6.92 Å². The maximum Gasteiger partial charge on any atom is 0.260 e. The highest BCUT2D eigenvalue weighted by atomic mass is 32.2. The molecule has 0 aliphatic rings. The van der Waals surface area contributed by atoms with Crippen LogP contribution in [0.1, 0.15) is 11.1 Å². The van der Waals surface area contributed by atoms with Crippen molar-refractivity contribution in [1.29, 1.82) is 0 Å². The fourth-order valence-corrected chi connectivity index (χ4v) is 3.22. The predicted octanol–water partition coefficient (Wildman–Crippen LogP) is 1.93. The number of carbonyl (C=O) groups is 1. The van der Waals surface area contributed by atoms with Crippen LogP contribution in [0.2, 0.25) is 0 Å². The van der Waals surface area contributed by atoms with Crippen molar-refractivity contribution < 1.29 is 22.7 Å². The highest BCUT2D eigenvalue weighted by Crippen LogP contribution is 2.33. The zero-order valence-electron chi connectivity index (χ0n) is 16.2. The van der Waals surface area contributed by atoms with E-state index in [4.69, 9.17) is 9.47 Å². The number of sulfonamides is 1. The third kappa shape index (κ3) is 5.71. The minimum Gasteiger partial charge on any atom is -0.497 e. The molecule has 0 aromatic heterocycles. The van der Waals surface area contributed by atoms with Crippen LogP contribution in [0.5, 0.6) is 11.5 Å². The molecule has 2 aromatic rings. The van der Waals surface area contributed by atoms with Crippen LogP contribution in [0, 0.1) is 6.92 Å². The quantitative estimate of drug-likeness (QED) is 0.535. The number of hydrogen-bond donors (Lipinski definition) is 1. The Balaban J connectivity index is 2.19. The summed E-state index contributed by atoms with van der Waals surface area (Å²) in [6.07, 6.45) is 2.49. The molecule has 0 unspecified atom stereocenters. The van der Waals surface area contributed by atoms with E-state index in [-0.39, 0.29) is 5.69 Å². The van der Waals surface area contributed by atoms with Crippen LogP contribution in [-0.2, 0) is 14.8 Å². The van der Waals surface area contributed by atoms with Crippen molar-refractivity contribution in [3.8, 4) is 11.5 Å². The first kappa shape index (κ1) is 21.2. The second kappa shape index (κ2) is 9.23. The molecule has 2 rings (SSSR count). The lowest BCUT2D eigenvalue weighted by molar-refractivity contribution is -0.119. The van der Waals surface area contributed by atoms with Crippen molar-refractivity contribution in [1.82, 2.24) is 5.43 Å². The molecule has 0 spiro atoms. The maximum atomic E-state index is 12.3. The number of anilines is 1. The summed E-state index contributed by atoms with van der Waals surface area (Å²) in [5, 5.41) is 3.87. The van der Waals surface area contributed by atoms with E-state index in [0.29, 0.717) is 11.5 Å². The van der Waals surface area contributed by atoms with E-state index in [2.05, 4.69) is 10.5 Å².